The van der Waals surface area contributed by atoms with Crippen molar-refractivity contribution in [1.82, 2.24) is 0 Å². The largest absolute Gasteiger partial charge is 0.330 e. The Morgan fingerprint density at radius 1 is 1.46 bits per heavy atom. The molecule has 0 aliphatic heterocycles. The van der Waals surface area contributed by atoms with Crippen molar-refractivity contribution < 1.29 is 0 Å². The second-order valence-corrected chi connectivity index (χ2v) is 4.20. The van der Waals surface area contributed by atoms with Crippen molar-refractivity contribution in [2.24, 2.45) is 5.73 Å². The third-order valence-electron chi connectivity index (χ3n) is 2.38. The molecular formula is C11H16BrN. The number of halogens is 1. The molecule has 0 heterocycles. The summed E-state index contributed by atoms with van der Waals surface area (Å²) in [6, 6.07) is 6.52. The molecule has 1 atom stereocenters. The van der Waals surface area contributed by atoms with Gasteiger partial charge in [0.1, 0.15) is 0 Å². The highest BCUT2D eigenvalue weighted by Crippen LogP contribution is 2.23. The number of aryl methyl sites for hydroxylation is 1. The Morgan fingerprint density at radius 3 is 2.62 bits per heavy atom. The summed E-state index contributed by atoms with van der Waals surface area (Å²) in [4.78, 5) is 0. The molecule has 2 heteroatoms. The molecule has 2 N–H and O–H groups in total. The van der Waals surface area contributed by atoms with Crippen molar-refractivity contribution in [1.29, 1.82) is 0 Å². The molecule has 0 spiro atoms. The number of rotatable bonds is 3. The monoisotopic (exact) mass is 241 g/mol. The van der Waals surface area contributed by atoms with Gasteiger partial charge in [-0.25, -0.2) is 0 Å². The average Bonchev–Trinajstić information content (AvgIpc) is 2.16. The third-order valence-corrected chi connectivity index (χ3v) is 3.12. The van der Waals surface area contributed by atoms with Gasteiger partial charge >= 0.3 is 0 Å². The van der Waals surface area contributed by atoms with Gasteiger partial charge in [-0.3, -0.25) is 0 Å². The van der Waals surface area contributed by atoms with Crippen LogP contribution in [0.2, 0.25) is 0 Å². The van der Waals surface area contributed by atoms with Crippen LogP contribution in [0.25, 0.3) is 0 Å². The topological polar surface area (TPSA) is 26.0 Å². The van der Waals surface area contributed by atoms with E-state index in [4.69, 9.17) is 5.73 Å². The van der Waals surface area contributed by atoms with Crippen molar-refractivity contribution in [3.63, 3.8) is 0 Å². The second-order valence-electron chi connectivity index (χ2n) is 3.34. The van der Waals surface area contributed by atoms with Gasteiger partial charge < -0.3 is 5.73 Å². The molecule has 1 rings (SSSR count). The van der Waals surface area contributed by atoms with Crippen molar-refractivity contribution in [3.05, 3.63) is 33.8 Å². The maximum absolute atomic E-state index is 5.61. The van der Waals surface area contributed by atoms with Crippen LogP contribution in [-0.4, -0.2) is 6.54 Å². The first-order valence-corrected chi connectivity index (χ1v) is 5.46. The van der Waals surface area contributed by atoms with E-state index < -0.39 is 0 Å². The Kier molecular flexibility index (Phi) is 3.94. The molecule has 1 nitrogen and oxygen atoms in total. The molecule has 0 aromatic heterocycles. The van der Waals surface area contributed by atoms with Crippen molar-refractivity contribution >= 4 is 15.9 Å². The molecule has 1 unspecified atom stereocenters. The van der Waals surface area contributed by atoms with Crippen LogP contribution < -0.4 is 5.73 Å². The van der Waals surface area contributed by atoms with Crippen molar-refractivity contribution in [2.75, 3.05) is 6.54 Å². The summed E-state index contributed by atoms with van der Waals surface area (Å²) in [5.74, 6) is 0.446. The summed E-state index contributed by atoms with van der Waals surface area (Å²) >= 11 is 3.56. The maximum Gasteiger partial charge on any atom is 0.0210 e. The minimum atomic E-state index is 0.446. The molecular weight excluding hydrogens is 226 g/mol. The molecule has 0 amide bonds. The van der Waals surface area contributed by atoms with Crippen molar-refractivity contribution in [3.8, 4) is 0 Å². The van der Waals surface area contributed by atoms with E-state index in [-0.39, 0.29) is 0 Å². The second kappa shape index (κ2) is 4.77. The molecule has 0 fully saturated rings. The van der Waals surface area contributed by atoms with E-state index in [0.29, 0.717) is 12.5 Å². The van der Waals surface area contributed by atoms with Gasteiger partial charge in [0.05, 0.1) is 0 Å². The third kappa shape index (κ3) is 2.55. The predicted octanol–water partition coefficient (Wildman–Crippen LogP) is 3.07. The Bertz CT molecular complexity index is 283. The van der Waals surface area contributed by atoms with E-state index in [1.807, 2.05) is 0 Å². The molecule has 0 aliphatic rings. The lowest BCUT2D eigenvalue weighted by atomic mass is 9.99. The Morgan fingerprint density at radius 2 is 2.15 bits per heavy atom. The van der Waals surface area contributed by atoms with Gasteiger partial charge in [-0.15, -0.1) is 0 Å². The molecule has 0 bridgehead atoms. The smallest absolute Gasteiger partial charge is 0.0210 e. The summed E-state index contributed by atoms with van der Waals surface area (Å²) in [5.41, 5.74) is 8.28. The molecule has 13 heavy (non-hydrogen) atoms. The standard InChI is InChI=1S/C11H16BrN/c1-3-9-4-5-10(6-11(9)12)8(2)7-13/h4-6,8H,3,7,13H2,1-2H3. The number of hydrogen-bond donors (Lipinski definition) is 1. The van der Waals surface area contributed by atoms with E-state index in [9.17, 15) is 0 Å². The highest BCUT2D eigenvalue weighted by molar-refractivity contribution is 9.10. The van der Waals surface area contributed by atoms with Gasteiger partial charge in [0, 0.05) is 4.47 Å². The molecule has 1 aromatic carbocycles. The van der Waals surface area contributed by atoms with Gasteiger partial charge in [0.15, 0.2) is 0 Å². The SMILES string of the molecule is CCc1ccc(C(C)CN)cc1Br. The van der Waals surface area contributed by atoms with Gasteiger partial charge in [-0.2, -0.15) is 0 Å². The Balaban J connectivity index is 2.95. The first-order valence-electron chi connectivity index (χ1n) is 4.67. The van der Waals surface area contributed by atoms with Crippen LogP contribution in [0.15, 0.2) is 22.7 Å². The highest BCUT2D eigenvalue weighted by atomic mass is 79.9. The lowest BCUT2D eigenvalue weighted by Gasteiger charge is -2.10. The molecule has 0 saturated heterocycles. The van der Waals surface area contributed by atoms with E-state index in [0.717, 1.165) is 6.42 Å². The summed E-state index contributed by atoms with van der Waals surface area (Å²) in [6.07, 6.45) is 1.07. The van der Waals surface area contributed by atoms with Gasteiger partial charge in [-0.1, -0.05) is 41.9 Å². The summed E-state index contributed by atoms with van der Waals surface area (Å²) < 4.78 is 1.20. The van der Waals surface area contributed by atoms with Gasteiger partial charge in [0.2, 0.25) is 0 Å². The first kappa shape index (κ1) is 10.7. The molecule has 72 valence electrons. The lowest BCUT2D eigenvalue weighted by Crippen LogP contribution is -2.08. The Labute approximate surface area is 88.5 Å². The first-order chi connectivity index (χ1) is 6.19. The van der Waals surface area contributed by atoms with E-state index in [1.165, 1.54) is 15.6 Å². The van der Waals surface area contributed by atoms with Crippen LogP contribution in [0.4, 0.5) is 0 Å². The number of hydrogen-bond acceptors (Lipinski definition) is 1. The average molecular weight is 242 g/mol. The number of benzene rings is 1. The minimum absolute atomic E-state index is 0.446. The predicted molar refractivity (Wildman–Crippen MR) is 61.0 cm³/mol. The Hall–Kier alpha value is -0.340. The summed E-state index contributed by atoms with van der Waals surface area (Å²) in [7, 11) is 0. The summed E-state index contributed by atoms with van der Waals surface area (Å²) in [6.45, 7) is 5.01. The summed E-state index contributed by atoms with van der Waals surface area (Å²) in [5, 5.41) is 0. The highest BCUT2D eigenvalue weighted by Gasteiger charge is 2.05. The van der Waals surface area contributed by atoms with Gasteiger partial charge in [-0.05, 0) is 36.1 Å². The minimum Gasteiger partial charge on any atom is -0.330 e. The fraction of sp³-hybridized carbons (Fsp3) is 0.455. The fourth-order valence-corrected chi connectivity index (χ4v) is 1.97. The maximum atomic E-state index is 5.61. The van der Waals surface area contributed by atoms with E-state index in [2.05, 4.69) is 48.0 Å². The van der Waals surface area contributed by atoms with Crippen LogP contribution in [0.1, 0.15) is 30.9 Å². The van der Waals surface area contributed by atoms with E-state index >= 15 is 0 Å². The molecule has 1 aromatic rings. The molecule has 0 aliphatic carbocycles. The zero-order valence-corrected chi connectivity index (χ0v) is 9.76. The lowest BCUT2D eigenvalue weighted by molar-refractivity contribution is 0.772. The van der Waals surface area contributed by atoms with E-state index in [1.54, 1.807) is 0 Å². The number of nitrogens with two attached hydrogens (primary N) is 1. The van der Waals surface area contributed by atoms with Gasteiger partial charge in [0.25, 0.3) is 0 Å². The molecule has 0 radical (unpaired) electrons. The quantitative estimate of drug-likeness (QED) is 0.866. The van der Waals surface area contributed by atoms with Crippen LogP contribution in [0.5, 0.6) is 0 Å². The van der Waals surface area contributed by atoms with Crippen LogP contribution >= 0.6 is 15.9 Å². The zero-order chi connectivity index (χ0) is 9.84. The zero-order valence-electron chi connectivity index (χ0n) is 8.18. The van der Waals surface area contributed by atoms with Crippen LogP contribution in [0.3, 0.4) is 0 Å². The fourth-order valence-electron chi connectivity index (χ4n) is 1.29. The molecule has 0 saturated carbocycles. The van der Waals surface area contributed by atoms with Crippen molar-refractivity contribution in [2.45, 2.75) is 26.2 Å². The van der Waals surface area contributed by atoms with Crippen LogP contribution in [0, 0.1) is 0 Å². The normalized spacial score (nSPS) is 12.9. The van der Waals surface area contributed by atoms with Crippen LogP contribution in [-0.2, 0) is 6.42 Å².